The number of amides is 1. The van der Waals surface area contributed by atoms with Crippen molar-refractivity contribution in [2.75, 3.05) is 7.05 Å². The van der Waals surface area contributed by atoms with Gasteiger partial charge in [0.1, 0.15) is 11.5 Å². The number of hydrogen-bond donors (Lipinski definition) is 0. The summed E-state index contributed by atoms with van der Waals surface area (Å²) in [5.41, 5.74) is 1.02. The molecule has 1 amide bonds. The summed E-state index contributed by atoms with van der Waals surface area (Å²) in [6.45, 7) is 3.38. The lowest BCUT2D eigenvalue weighted by atomic mass is 10.2. The molecular weight excluding hydrogens is 256 g/mol. The van der Waals surface area contributed by atoms with Crippen LogP contribution in [-0.2, 0) is 7.05 Å². The lowest BCUT2D eigenvalue weighted by Crippen LogP contribution is -2.30. The molecule has 0 saturated carbocycles. The predicted octanol–water partition coefficient (Wildman–Crippen LogP) is 2.65. The Morgan fingerprint density at radius 2 is 2.10 bits per heavy atom. The standard InChI is InChI=1S/C15H18N2O3/c1-10(14-6-5-7-20-14)17(4)15(19)13-8-12(11(2)18)9-16(13)3/h5-10H,1-4H3. The second-order valence-electron chi connectivity index (χ2n) is 4.89. The van der Waals surface area contributed by atoms with Gasteiger partial charge in [-0.15, -0.1) is 0 Å². The first-order valence-corrected chi connectivity index (χ1v) is 6.39. The number of aryl methyl sites for hydroxylation is 1. The molecule has 2 heterocycles. The van der Waals surface area contributed by atoms with Crippen LogP contribution in [0.4, 0.5) is 0 Å². The number of carbonyl (C=O) groups excluding carboxylic acids is 2. The van der Waals surface area contributed by atoms with E-state index < -0.39 is 0 Å². The molecular formula is C15H18N2O3. The van der Waals surface area contributed by atoms with Crippen LogP contribution in [0.5, 0.6) is 0 Å². The highest BCUT2D eigenvalue weighted by Crippen LogP contribution is 2.21. The van der Waals surface area contributed by atoms with E-state index in [0.29, 0.717) is 11.3 Å². The Morgan fingerprint density at radius 1 is 1.40 bits per heavy atom. The van der Waals surface area contributed by atoms with Crippen LogP contribution < -0.4 is 0 Å². The van der Waals surface area contributed by atoms with Crippen LogP contribution in [0.3, 0.4) is 0 Å². The maximum Gasteiger partial charge on any atom is 0.270 e. The number of Topliss-reactive ketones (excluding diaryl/α,β-unsaturated/α-hetero) is 1. The van der Waals surface area contributed by atoms with E-state index in [9.17, 15) is 9.59 Å². The second kappa shape index (κ2) is 5.36. The lowest BCUT2D eigenvalue weighted by Gasteiger charge is -2.23. The summed E-state index contributed by atoms with van der Waals surface area (Å²) < 4.78 is 6.99. The van der Waals surface area contributed by atoms with Gasteiger partial charge in [0.15, 0.2) is 5.78 Å². The normalized spacial score (nSPS) is 12.2. The van der Waals surface area contributed by atoms with Gasteiger partial charge in [0.2, 0.25) is 0 Å². The topological polar surface area (TPSA) is 55.5 Å². The molecule has 0 aliphatic carbocycles. The molecule has 1 atom stereocenters. The molecule has 5 heteroatoms. The molecule has 5 nitrogen and oxygen atoms in total. The van der Waals surface area contributed by atoms with Crippen LogP contribution >= 0.6 is 0 Å². The fraction of sp³-hybridized carbons (Fsp3) is 0.333. The second-order valence-corrected chi connectivity index (χ2v) is 4.89. The van der Waals surface area contributed by atoms with E-state index in [1.807, 2.05) is 13.0 Å². The number of aromatic nitrogens is 1. The van der Waals surface area contributed by atoms with Gasteiger partial charge in [0.05, 0.1) is 12.3 Å². The minimum absolute atomic E-state index is 0.0543. The van der Waals surface area contributed by atoms with Gasteiger partial charge in [0.25, 0.3) is 5.91 Å². The molecule has 0 spiro atoms. The van der Waals surface area contributed by atoms with Crippen LogP contribution in [0.15, 0.2) is 35.1 Å². The fourth-order valence-electron chi connectivity index (χ4n) is 2.05. The van der Waals surface area contributed by atoms with Crippen LogP contribution in [0.2, 0.25) is 0 Å². The molecule has 0 N–H and O–H groups in total. The summed E-state index contributed by atoms with van der Waals surface area (Å²) >= 11 is 0. The van der Waals surface area contributed by atoms with E-state index in [-0.39, 0.29) is 17.7 Å². The van der Waals surface area contributed by atoms with Crippen molar-refractivity contribution >= 4 is 11.7 Å². The van der Waals surface area contributed by atoms with Gasteiger partial charge in [-0.2, -0.15) is 0 Å². The molecule has 2 rings (SSSR count). The monoisotopic (exact) mass is 274 g/mol. The SMILES string of the molecule is CC(=O)c1cc(C(=O)N(C)C(C)c2ccco2)n(C)c1. The first-order chi connectivity index (χ1) is 9.41. The molecule has 0 fully saturated rings. The molecule has 0 bridgehead atoms. The Morgan fingerprint density at radius 3 is 2.60 bits per heavy atom. The predicted molar refractivity (Wildman–Crippen MR) is 74.6 cm³/mol. The molecule has 0 aromatic carbocycles. The number of hydrogen-bond acceptors (Lipinski definition) is 3. The summed E-state index contributed by atoms with van der Waals surface area (Å²) in [7, 11) is 3.47. The third-order valence-corrected chi connectivity index (χ3v) is 3.49. The Labute approximate surface area is 117 Å². The van der Waals surface area contributed by atoms with Crippen molar-refractivity contribution in [2.45, 2.75) is 19.9 Å². The van der Waals surface area contributed by atoms with E-state index in [1.165, 1.54) is 6.92 Å². The third-order valence-electron chi connectivity index (χ3n) is 3.49. The molecule has 1 unspecified atom stereocenters. The summed E-state index contributed by atoms with van der Waals surface area (Å²) in [5.74, 6) is 0.520. The van der Waals surface area contributed by atoms with Gasteiger partial charge in [0, 0.05) is 25.9 Å². The van der Waals surface area contributed by atoms with Crippen LogP contribution in [0.25, 0.3) is 0 Å². The van der Waals surface area contributed by atoms with Crippen molar-refractivity contribution in [3.05, 3.63) is 47.7 Å². The number of ketones is 1. The minimum Gasteiger partial charge on any atom is -0.467 e. The molecule has 20 heavy (non-hydrogen) atoms. The van der Waals surface area contributed by atoms with Crippen molar-refractivity contribution in [3.63, 3.8) is 0 Å². The molecule has 0 aliphatic rings. The Balaban J connectivity index is 2.25. The van der Waals surface area contributed by atoms with Crippen molar-refractivity contribution in [1.82, 2.24) is 9.47 Å². The highest BCUT2D eigenvalue weighted by Gasteiger charge is 2.23. The molecule has 0 aliphatic heterocycles. The van der Waals surface area contributed by atoms with Crippen molar-refractivity contribution in [2.24, 2.45) is 7.05 Å². The van der Waals surface area contributed by atoms with Crippen LogP contribution in [0.1, 0.15) is 46.5 Å². The van der Waals surface area contributed by atoms with Gasteiger partial charge in [-0.3, -0.25) is 9.59 Å². The van der Waals surface area contributed by atoms with Gasteiger partial charge in [-0.05, 0) is 32.0 Å². The Hall–Kier alpha value is -2.30. The molecule has 106 valence electrons. The zero-order valence-electron chi connectivity index (χ0n) is 12.1. The molecule has 2 aromatic heterocycles. The van der Waals surface area contributed by atoms with Crippen molar-refractivity contribution in [1.29, 1.82) is 0 Å². The summed E-state index contributed by atoms with van der Waals surface area (Å²) in [5, 5.41) is 0. The first kappa shape index (κ1) is 14.1. The minimum atomic E-state index is -0.173. The van der Waals surface area contributed by atoms with Gasteiger partial charge >= 0.3 is 0 Å². The van der Waals surface area contributed by atoms with E-state index in [4.69, 9.17) is 4.42 Å². The van der Waals surface area contributed by atoms with E-state index in [1.54, 1.807) is 48.2 Å². The van der Waals surface area contributed by atoms with E-state index in [2.05, 4.69) is 0 Å². The maximum atomic E-state index is 12.5. The summed E-state index contributed by atoms with van der Waals surface area (Å²) in [4.78, 5) is 25.5. The lowest BCUT2D eigenvalue weighted by molar-refractivity contribution is 0.0716. The summed E-state index contributed by atoms with van der Waals surface area (Å²) in [6, 6.07) is 5.07. The smallest absolute Gasteiger partial charge is 0.270 e. The first-order valence-electron chi connectivity index (χ1n) is 6.39. The molecule has 2 aromatic rings. The highest BCUT2D eigenvalue weighted by atomic mass is 16.3. The van der Waals surface area contributed by atoms with E-state index >= 15 is 0 Å². The number of carbonyl (C=O) groups is 2. The van der Waals surface area contributed by atoms with E-state index in [0.717, 1.165) is 5.76 Å². The number of rotatable bonds is 4. The summed E-state index contributed by atoms with van der Waals surface area (Å²) in [6.07, 6.45) is 3.25. The largest absolute Gasteiger partial charge is 0.467 e. The van der Waals surface area contributed by atoms with Crippen LogP contribution in [-0.4, -0.2) is 28.2 Å². The van der Waals surface area contributed by atoms with Crippen molar-refractivity contribution < 1.29 is 14.0 Å². The maximum absolute atomic E-state index is 12.5. The average molecular weight is 274 g/mol. The quantitative estimate of drug-likeness (QED) is 0.805. The molecule has 0 saturated heterocycles. The third kappa shape index (κ3) is 2.52. The Kier molecular flexibility index (Phi) is 3.79. The van der Waals surface area contributed by atoms with Gasteiger partial charge in [-0.1, -0.05) is 0 Å². The number of nitrogens with zero attached hydrogens (tertiary/aromatic N) is 2. The van der Waals surface area contributed by atoms with Gasteiger partial charge in [-0.25, -0.2) is 0 Å². The zero-order valence-corrected chi connectivity index (χ0v) is 12.1. The highest BCUT2D eigenvalue weighted by molar-refractivity contribution is 5.99. The van der Waals surface area contributed by atoms with Gasteiger partial charge < -0.3 is 13.9 Å². The van der Waals surface area contributed by atoms with Crippen molar-refractivity contribution in [3.8, 4) is 0 Å². The fourth-order valence-corrected chi connectivity index (χ4v) is 2.05. The molecule has 0 radical (unpaired) electrons. The Bertz CT molecular complexity index is 626. The average Bonchev–Trinajstić information content (AvgIpc) is 3.05. The number of furan rings is 1. The van der Waals surface area contributed by atoms with Crippen LogP contribution in [0, 0.1) is 0 Å². The zero-order chi connectivity index (χ0) is 14.9.